The Bertz CT molecular complexity index is 618. The van der Waals surface area contributed by atoms with Crippen LogP contribution in [0.1, 0.15) is 34.6 Å². The third-order valence-electron chi connectivity index (χ3n) is 3.58. The number of nitrogens with zero attached hydrogens (tertiary/aromatic N) is 2. The van der Waals surface area contributed by atoms with Crippen molar-refractivity contribution in [3.05, 3.63) is 12.7 Å². The molecule has 0 spiro atoms. The van der Waals surface area contributed by atoms with E-state index in [2.05, 4.69) is 11.4 Å². The molecule has 1 amide bonds. The van der Waals surface area contributed by atoms with Crippen molar-refractivity contribution < 1.29 is 27.6 Å². The number of carbonyl (C=O) groups is 2. The molecule has 0 aliphatic carbocycles. The van der Waals surface area contributed by atoms with E-state index in [-0.39, 0.29) is 0 Å². The molecule has 1 N–H and O–H groups in total. The second kappa shape index (κ2) is 8.83. The van der Waals surface area contributed by atoms with E-state index >= 15 is 0 Å². The molecule has 1 atom stereocenters. The van der Waals surface area contributed by atoms with E-state index in [1.54, 1.807) is 39.5 Å². The third-order valence-corrected chi connectivity index (χ3v) is 5.02. The van der Waals surface area contributed by atoms with Crippen molar-refractivity contribution in [2.45, 2.75) is 45.6 Å². The first-order valence-electron chi connectivity index (χ1n) is 8.43. The molecule has 150 valence electrons. The van der Waals surface area contributed by atoms with Gasteiger partial charge in [0.25, 0.3) is 10.0 Å². The van der Waals surface area contributed by atoms with Gasteiger partial charge in [0, 0.05) is 26.2 Å². The minimum absolute atomic E-state index is 0.314. The van der Waals surface area contributed by atoms with Gasteiger partial charge in [-0.2, -0.15) is 0 Å². The molecule has 9 nitrogen and oxygen atoms in total. The summed E-state index contributed by atoms with van der Waals surface area (Å²) in [5.41, 5.74) is -0.592. The quantitative estimate of drug-likeness (QED) is 0.533. The SMILES string of the molecule is C=CC(N1CCN(C(=O)OC(C)(C)C)CC1)S(=O)(=O)NOC(=O)C(C)C. The summed E-state index contributed by atoms with van der Waals surface area (Å²) >= 11 is 0. The van der Waals surface area contributed by atoms with Crippen molar-refractivity contribution >= 4 is 22.1 Å². The lowest BCUT2D eigenvalue weighted by molar-refractivity contribution is -0.150. The maximum Gasteiger partial charge on any atom is 0.410 e. The Balaban J connectivity index is 2.66. The fourth-order valence-corrected chi connectivity index (χ4v) is 3.38. The van der Waals surface area contributed by atoms with Crippen molar-refractivity contribution in [2.24, 2.45) is 5.92 Å². The number of ether oxygens (including phenoxy) is 1. The Morgan fingerprint density at radius 3 is 2.12 bits per heavy atom. The first-order chi connectivity index (χ1) is 11.9. The number of amides is 1. The number of nitrogens with one attached hydrogen (secondary N) is 1. The summed E-state index contributed by atoms with van der Waals surface area (Å²) in [5.74, 6) is -1.14. The van der Waals surface area contributed by atoms with Crippen molar-refractivity contribution in [3.8, 4) is 0 Å². The van der Waals surface area contributed by atoms with Gasteiger partial charge in [-0.3, -0.25) is 9.69 Å². The molecule has 26 heavy (non-hydrogen) atoms. The lowest BCUT2D eigenvalue weighted by atomic mass is 10.2. The fourth-order valence-electron chi connectivity index (χ4n) is 2.22. The molecule has 1 heterocycles. The summed E-state index contributed by atoms with van der Waals surface area (Å²) in [6.07, 6.45) is 0.827. The minimum Gasteiger partial charge on any atom is -0.444 e. The number of hydrogen-bond donors (Lipinski definition) is 1. The van der Waals surface area contributed by atoms with Gasteiger partial charge in [-0.05, 0) is 25.7 Å². The first kappa shape index (κ1) is 22.4. The topological polar surface area (TPSA) is 105 Å². The highest BCUT2D eigenvalue weighted by molar-refractivity contribution is 7.90. The summed E-state index contributed by atoms with van der Waals surface area (Å²) in [4.78, 5) is 33.2. The summed E-state index contributed by atoms with van der Waals surface area (Å²) in [6, 6.07) is 0. The Hall–Kier alpha value is -1.65. The maximum absolute atomic E-state index is 12.4. The highest BCUT2D eigenvalue weighted by Crippen LogP contribution is 2.15. The van der Waals surface area contributed by atoms with Crippen LogP contribution in [0.3, 0.4) is 0 Å². The predicted octanol–water partition coefficient (Wildman–Crippen LogP) is 1.08. The molecular formula is C16H29N3O6S. The molecule has 10 heteroatoms. The zero-order valence-electron chi connectivity index (χ0n) is 16.0. The average Bonchev–Trinajstić information content (AvgIpc) is 2.52. The van der Waals surface area contributed by atoms with Crippen LogP contribution < -0.4 is 4.89 Å². The Morgan fingerprint density at radius 2 is 1.69 bits per heavy atom. The zero-order chi connectivity index (χ0) is 20.1. The van der Waals surface area contributed by atoms with Gasteiger partial charge in [0.15, 0.2) is 0 Å². The first-order valence-corrected chi connectivity index (χ1v) is 9.98. The van der Waals surface area contributed by atoms with Crippen LogP contribution >= 0.6 is 0 Å². The van der Waals surface area contributed by atoms with Crippen molar-refractivity contribution in [3.63, 3.8) is 0 Å². The Labute approximate surface area is 155 Å². The van der Waals surface area contributed by atoms with E-state index in [0.717, 1.165) is 0 Å². The lowest BCUT2D eigenvalue weighted by Crippen LogP contribution is -2.55. The molecule has 0 aromatic carbocycles. The predicted molar refractivity (Wildman–Crippen MR) is 96.4 cm³/mol. The molecular weight excluding hydrogens is 362 g/mol. The molecule has 0 aromatic heterocycles. The van der Waals surface area contributed by atoms with Crippen LogP contribution in [-0.2, 0) is 24.4 Å². The van der Waals surface area contributed by atoms with Crippen LogP contribution in [0.25, 0.3) is 0 Å². The van der Waals surface area contributed by atoms with E-state index in [1.165, 1.54) is 11.0 Å². The number of sulfonamides is 1. The summed E-state index contributed by atoms with van der Waals surface area (Å²) < 4.78 is 30.1. The Morgan fingerprint density at radius 1 is 1.15 bits per heavy atom. The van der Waals surface area contributed by atoms with E-state index in [1.807, 2.05) is 4.89 Å². The normalized spacial score (nSPS) is 17.7. The van der Waals surface area contributed by atoms with Crippen LogP contribution in [-0.4, -0.2) is 67.4 Å². The fraction of sp³-hybridized carbons (Fsp3) is 0.750. The maximum atomic E-state index is 12.4. The van der Waals surface area contributed by atoms with Gasteiger partial charge in [-0.15, -0.1) is 6.58 Å². The van der Waals surface area contributed by atoms with Crippen LogP contribution in [0.5, 0.6) is 0 Å². The second-order valence-electron chi connectivity index (χ2n) is 7.33. The van der Waals surface area contributed by atoms with Crippen molar-refractivity contribution in [1.82, 2.24) is 14.7 Å². The van der Waals surface area contributed by atoms with Gasteiger partial charge in [-0.1, -0.05) is 19.9 Å². The van der Waals surface area contributed by atoms with E-state index < -0.39 is 39.0 Å². The van der Waals surface area contributed by atoms with Gasteiger partial charge in [-0.25, -0.2) is 13.2 Å². The number of hydrogen-bond acceptors (Lipinski definition) is 7. The highest BCUT2D eigenvalue weighted by atomic mass is 32.2. The molecule has 0 saturated carbocycles. The highest BCUT2D eigenvalue weighted by Gasteiger charge is 2.34. The molecule has 0 aromatic rings. The second-order valence-corrected chi connectivity index (χ2v) is 9.07. The van der Waals surface area contributed by atoms with Crippen LogP contribution in [0.2, 0.25) is 0 Å². The van der Waals surface area contributed by atoms with Gasteiger partial charge >= 0.3 is 12.1 Å². The molecule has 0 radical (unpaired) electrons. The number of rotatable bonds is 6. The molecule has 1 unspecified atom stereocenters. The van der Waals surface area contributed by atoms with Crippen LogP contribution in [0.15, 0.2) is 12.7 Å². The van der Waals surface area contributed by atoms with Gasteiger partial charge in [0.05, 0.1) is 5.92 Å². The minimum atomic E-state index is -3.99. The van der Waals surface area contributed by atoms with E-state index in [0.29, 0.717) is 26.2 Å². The average molecular weight is 391 g/mol. The molecule has 1 aliphatic heterocycles. The summed E-state index contributed by atoms with van der Waals surface area (Å²) in [7, 11) is -3.99. The van der Waals surface area contributed by atoms with Crippen molar-refractivity contribution in [2.75, 3.05) is 26.2 Å². The van der Waals surface area contributed by atoms with Gasteiger partial charge < -0.3 is 14.5 Å². The number of carbonyl (C=O) groups excluding carboxylic acids is 2. The smallest absolute Gasteiger partial charge is 0.410 e. The summed E-state index contributed by atoms with van der Waals surface area (Å²) in [5, 5.41) is -1.08. The molecule has 0 bridgehead atoms. The monoisotopic (exact) mass is 391 g/mol. The lowest BCUT2D eigenvalue weighted by Gasteiger charge is -2.38. The third kappa shape index (κ3) is 6.58. The van der Waals surface area contributed by atoms with Crippen LogP contribution in [0, 0.1) is 5.92 Å². The van der Waals surface area contributed by atoms with Crippen molar-refractivity contribution in [1.29, 1.82) is 0 Å². The standard InChI is InChI=1S/C16H29N3O6S/c1-7-13(26(22,23)17-25-14(20)12(2)3)18-8-10-19(11-9-18)15(21)24-16(4,5)6/h7,12-13,17H,1,8-11H2,2-6H3. The summed E-state index contributed by atoms with van der Waals surface area (Å²) in [6.45, 7) is 13.4. The molecule has 1 rings (SSSR count). The Kier molecular flexibility index (Phi) is 7.60. The molecule has 1 aliphatic rings. The number of piperazine rings is 1. The van der Waals surface area contributed by atoms with Crippen LogP contribution in [0.4, 0.5) is 4.79 Å². The van der Waals surface area contributed by atoms with Gasteiger partial charge in [0.1, 0.15) is 11.0 Å². The van der Waals surface area contributed by atoms with E-state index in [9.17, 15) is 18.0 Å². The molecule has 1 fully saturated rings. The largest absolute Gasteiger partial charge is 0.444 e. The zero-order valence-corrected chi connectivity index (χ0v) is 16.8. The molecule has 1 saturated heterocycles. The van der Waals surface area contributed by atoms with Gasteiger partial charge in [0.2, 0.25) is 0 Å². The van der Waals surface area contributed by atoms with E-state index in [4.69, 9.17) is 4.74 Å².